The van der Waals surface area contributed by atoms with E-state index in [2.05, 4.69) is 10.3 Å². The van der Waals surface area contributed by atoms with Crippen LogP contribution < -0.4 is 5.32 Å². The Labute approximate surface area is 152 Å². The molecule has 1 amide bonds. The van der Waals surface area contributed by atoms with Crippen LogP contribution in [0.15, 0.2) is 46.0 Å². The zero-order valence-corrected chi connectivity index (χ0v) is 14.6. The summed E-state index contributed by atoms with van der Waals surface area (Å²) in [7, 11) is 0. The summed E-state index contributed by atoms with van der Waals surface area (Å²) in [6, 6.07) is 6.80. The molecule has 3 heterocycles. The summed E-state index contributed by atoms with van der Waals surface area (Å²) in [5.74, 6) is -0.00969. The van der Waals surface area contributed by atoms with Crippen molar-refractivity contribution in [1.29, 1.82) is 0 Å². The van der Waals surface area contributed by atoms with Gasteiger partial charge in [-0.25, -0.2) is 4.39 Å². The van der Waals surface area contributed by atoms with Crippen LogP contribution in [0.3, 0.4) is 0 Å². The molecule has 0 bridgehead atoms. The quantitative estimate of drug-likeness (QED) is 0.534. The van der Waals surface area contributed by atoms with E-state index in [1.807, 2.05) is 6.07 Å². The van der Waals surface area contributed by atoms with Crippen molar-refractivity contribution < 1.29 is 13.6 Å². The normalized spacial score (nSPS) is 16.0. The molecule has 0 aliphatic carbocycles. The van der Waals surface area contributed by atoms with Crippen LogP contribution in [0, 0.1) is 12.7 Å². The van der Waals surface area contributed by atoms with Crippen molar-refractivity contribution in [3.05, 3.63) is 58.7 Å². The van der Waals surface area contributed by atoms with Crippen molar-refractivity contribution in [2.75, 3.05) is 0 Å². The van der Waals surface area contributed by atoms with Crippen molar-refractivity contribution in [2.45, 2.75) is 6.92 Å². The van der Waals surface area contributed by atoms with E-state index < -0.39 is 0 Å². The minimum Gasteiger partial charge on any atom is -0.456 e. The van der Waals surface area contributed by atoms with Crippen molar-refractivity contribution >= 4 is 51.3 Å². The molecule has 4 nitrogen and oxygen atoms in total. The molecule has 0 unspecified atom stereocenters. The maximum Gasteiger partial charge on any atom is 0.263 e. The number of nitrogens with zero attached hydrogens (tertiary/aromatic N) is 1. The molecular formula is C18H11FN2O2S2. The number of aryl methyl sites for hydroxylation is 1. The van der Waals surface area contributed by atoms with Crippen LogP contribution in [0.5, 0.6) is 0 Å². The van der Waals surface area contributed by atoms with Crippen LogP contribution in [-0.2, 0) is 4.79 Å². The summed E-state index contributed by atoms with van der Waals surface area (Å²) in [6.45, 7) is 1.71. The Morgan fingerprint density at radius 2 is 2.16 bits per heavy atom. The van der Waals surface area contributed by atoms with Gasteiger partial charge < -0.3 is 9.73 Å². The van der Waals surface area contributed by atoms with Crippen LogP contribution in [0.2, 0.25) is 0 Å². The molecule has 1 saturated heterocycles. The van der Waals surface area contributed by atoms with Crippen molar-refractivity contribution in [3.8, 4) is 11.1 Å². The van der Waals surface area contributed by atoms with Crippen molar-refractivity contribution in [3.63, 3.8) is 0 Å². The minimum absolute atomic E-state index is 0.241. The highest BCUT2D eigenvalue weighted by atomic mass is 32.2. The van der Waals surface area contributed by atoms with Gasteiger partial charge in [0.2, 0.25) is 0 Å². The number of rotatable bonds is 2. The maximum atomic E-state index is 13.9. The molecule has 0 spiro atoms. The molecule has 2 aromatic heterocycles. The molecule has 4 rings (SSSR count). The van der Waals surface area contributed by atoms with Gasteiger partial charge in [-0.1, -0.05) is 36.1 Å². The standard InChI is InChI=1S/C18H11FN2O2S2/c1-9-2-3-10(5-14(9)19)13-8-20-7-11-4-12(23-16(11)13)6-15-17(22)21-18(24)25-15/h2-8H,1H3,(H,21,22,24)/b15-6+. The average Bonchev–Trinajstić information content (AvgIpc) is 3.12. The molecule has 0 atom stereocenters. The monoisotopic (exact) mass is 370 g/mol. The molecule has 124 valence electrons. The van der Waals surface area contributed by atoms with Crippen LogP contribution >= 0.6 is 24.0 Å². The lowest BCUT2D eigenvalue weighted by Gasteiger charge is -2.04. The summed E-state index contributed by atoms with van der Waals surface area (Å²) >= 11 is 6.16. The van der Waals surface area contributed by atoms with E-state index >= 15 is 0 Å². The highest BCUT2D eigenvalue weighted by Gasteiger charge is 2.23. The summed E-state index contributed by atoms with van der Waals surface area (Å²) < 4.78 is 20.2. The van der Waals surface area contributed by atoms with E-state index in [1.165, 1.54) is 17.8 Å². The summed E-state index contributed by atoms with van der Waals surface area (Å²) in [6.07, 6.45) is 4.94. The fourth-order valence-corrected chi connectivity index (χ4v) is 3.59. The summed E-state index contributed by atoms with van der Waals surface area (Å²) in [5.41, 5.74) is 2.55. The number of nitrogens with one attached hydrogen (secondary N) is 1. The number of carbonyl (C=O) groups excluding carboxylic acids is 1. The molecule has 1 fully saturated rings. The van der Waals surface area contributed by atoms with Gasteiger partial charge in [0.25, 0.3) is 5.91 Å². The highest BCUT2D eigenvalue weighted by Crippen LogP contribution is 2.33. The first-order valence-electron chi connectivity index (χ1n) is 7.40. The fraction of sp³-hybridized carbons (Fsp3) is 0.0556. The molecule has 1 aliphatic rings. The zero-order chi connectivity index (χ0) is 17.6. The Balaban J connectivity index is 1.81. The SMILES string of the molecule is Cc1ccc(-c2cncc3cc(/C=C4/SC(=S)NC4=O)oc23)cc1F. The van der Waals surface area contributed by atoms with Gasteiger partial charge in [-0.05, 0) is 30.2 Å². The second-order valence-electron chi connectivity index (χ2n) is 5.57. The summed E-state index contributed by atoms with van der Waals surface area (Å²) in [4.78, 5) is 16.5. The number of amides is 1. The Morgan fingerprint density at radius 3 is 2.88 bits per heavy atom. The number of pyridine rings is 1. The van der Waals surface area contributed by atoms with Gasteiger partial charge in [0.15, 0.2) is 0 Å². The topological polar surface area (TPSA) is 55.1 Å². The smallest absolute Gasteiger partial charge is 0.263 e. The Bertz CT molecular complexity index is 1070. The first-order chi connectivity index (χ1) is 12.0. The number of carbonyl (C=O) groups is 1. The van der Waals surface area contributed by atoms with E-state index in [9.17, 15) is 9.18 Å². The van der Waals surface area contributed by atoms with Gasteiger partial charge in [0.1, 0.15) is 21.5 Å². The maximum absolute atomic E-state index is 13.9. The predicted molar refractivity (Wildman–Crippen MR) is 100 cm³/mol. The molecule has 7 heteroatoms. The van der Waals surface area contributed by atoms with Crippen LogP contribution in [0.1, 0.15) is 11.3 Å². The minimum atomic E-state index is -0.282. The third-order valence-electron chi connectivity index (χ3n) is 3.84. The number of hydrogen-bond donors (Lipinski definition) is 1. The van der Waals surface area contributed by atoms with Crippen LogP contribution in [-0.4, -0.2) is 15.2 Å². The lowest BCUT2D eigenvalue weighted by atomic mass is 10.0. The van der Waals surface area contributed by atoms with Gasteiger partial charge in [-0.3, -0.25) is 9.78 Å². The molecule has 1 N–H and O–H groups in total. The zero-order valence-electron chi connectivity index (χ0n) is 13.0. The molecule has 1 aromatic carbocycles. The molecule has 0 radical (unpaired) electrons. The number of aromatic nitrogens is 1. The lowest BCUT2D eigenvalue weighted by molar-refractivity contribution is -0.115. The number of fused-ring (bicyclic) bond motifs is 1. The Hall–Kier alpha value is -2.51. The number of benzene rings is 1. The third kappa shape index (κ3) is 2.96. The van der Waals surface area contributed by atoms with Gasteiger partial charge in [0.05, 0.1) is 4.91 Å². The number of thiocarbonyl (C=S) groups is 1. The van der Waals surface area contributed by atoms with E-state index in [4.69, 9.17) is 16.6 Å². The molecule has 3 aromatic rings. The van der Waals surface area contributed by atoms with Crippen molar-refractivity contribution in [1.82, 2.24) is 10.3 Å². The van der Waals surface area contributed by atoms with E-state index in [0.717, 1.165) is 5.39 Å². The second kappa shape index (κ2) is 6.09. The summed E-state index contributed by atoms with van der Waals surface area (Å²) in [5, 5.41) is 3.34. The molecule has 1 aliphatic heterocycles. The molecule has 25 heavy (non-hydrogen) atoms. The number of halogens is 1. The first kappa shape index (κ1) is 16.0. The van der Waals surface area contributed by atoms with Gasteiger partial charge in [-0.2, -0.15) is 0 Å². The van der Waals surface area contributed by atoms with Gasteiger partial charge in [0, 0.05) is 29.4 Å². The molecular weight excluding hydrogens is 359 g/mol. The largest absolute Gasteiger partial charge is 0.456 e. The average molecular weight is 370 g/mol. The number of furan rings is 1. The van der Waals surface area contributed by atoms with E-state index in [-0.39, 0.29) is 11.7 Å². The molecule has 0 saturated carbocycles. The number of hydrogen-bond acceptors (Lipinski definition) is 5. The van der Waals surface area contributed by atoms with Gasteiger partial charge in [-0.15, -0.1) is 0 Å². The van der Waals surface area contributed by atoms with Gasteiger partial charge >= 0.3 is 0 Å². The first-order valence-corrected chi connectivity index (χ1v) is 8.62. The lowest BCUT2D eigenvalue weighted by Crippen LogP contribution is -2.17. The third-order valence-corrected chi connectivity index (χ3v) is 5.00. The Morgan fingerprint density at radius 1 is 1.32 bits per heavy atom. The van der Waals surface area contributed by atoms with E-state index in [1.54, 1.807) is 37.5 Å². The van der Waals surface area contributed by atoms with Crippen molar-refractivity contribution in [2.24, 2.45) is 0 Å². The Kier molecular flexibility index (Phi) is 3.89. The number of thioether (sulfide) groups is 1. The fourth-order valence-electron chi connectivity index (χ4n) is 2.57. The second-order valence-corrected chi connectivity index (χ2v) is 7.29. The highest BCUT2D eigenvalue weighted by molar-refractivity contribution is 8.26. The van der Waals surface area contributed by atoms with Crippen LogP contribution in [0.4, 0.5) is 4.39 Å². The van der Waals surface area contributed by atoms with E-state index in [0.29, 0.717) is 37.3 Å². The predicted octanol–water partition coefficient (Wildman–Crippen LogP) is 4.43. The van der Waals surface area contributed by atoms with Crippen LogP contribution in [0.25, 0.3) is 28.2 Å².